The number of halogens is 2. The molecule has 1 N–H and O–H groups in total. The summed E-state index contributed by atoms with van der Waals surface area (Å²) in [4.78, 5) is 51.7. The van der Waals surface area contributed by atoms with Crippen LogP contribution in [0.3, 0.4) is 0 Å². The molecule has 2 saturated heterocycles. The van der Waals surface area contributed by atoms with Gasteiger partial charge < -0.3 is 19.9 Å². The Balaban J connectivity index is 1.37. The summed E-state index contributed by atoms with van der Waals surface area (Å²) in [6.07, 6.45) is 1.60. The summed E-state index contributed by atoms with van der Waals surface area (Å²) in [6, 6.07) is 3.88. The summed E-state index contributed by atoms with van der Waals surface area (Å²) in [5, 5.41) is 2.53. The van der Waals surface area contributed by atoms with Gasteiger partial charge in [0.05, 0.1) is 12.6 Å². The Morgan fingerprint density at radius 3 is 2.78 bits per heavy atom. The maximum atomic E-state index is 13.7. The Hall–Kier alpha value is -2.84. The van der Waals surface area contributed by atoms with Crippen LogP contribution in [0.2, 0.25) is 0 Å². The van der Waals surface area contributed by atoms with Crippen molar-refractivity contribution in [2.24, 2.45) is 5.92 Å². The molecule has 1 aromatic carbocycles. The first-order valence-electron chi connectivity index (χ1n) is 11.0. The largest absolute Gasteiger partial charge is 0.344 e. The second-order valence-electron chi connectivity index (χ2n) is 8.98. The van der Waals surface area contributed by atoms with Crippen LogP contribution in [0.15, 0.2) is 18.2 Å². The van der Waals surface area contributed by atoms with E-state index in [9.17, 15) is 28.0 Å². The van der Waals surface area contributed by atoms with Gasteiger partial charge in [-0.05, 0) is 29.5 Å². The fourth-order valence-electron chi connectivity index (χ4n) is 5.00. The fraction of sp³-hybridized carbons (Fsp3) is 0.565. The van der Waals surface area contributed by atoms with E-state index in [4.69, 9.17) is 0 Å². The van der Waals surface area contributed by atoms with Crippen molar-refractivity contribution in [3.05, 3.63) is 34.9 Å². The minimum absolute atomic E-state index is 0.0417. The number of rotatable bonds is 6. The van der Waals surface area contributed by atoms with Crippen molar-refractivity contribution in [3.63, 3.8) is 0 Å². The Morgan fingerprint density at radius 2 is 2.06 bits per heavy atom. The highest BCUT2D eigenvalue weighted by molar-refractivity contribution is 5.95. The second kappa shape index (κ2) is 8.60. The van der Waals surface area contributed by atoms with E-state index in [1.807, 2.05) is 12.1 Å². The Labute approximate surface area is 185 Å². The van der Waals surface area contributed by atoms with E-state index >= 15 is 0 Å². The van der Waals surface area contributed by atoms with E-state index in [-0.39, 0.29) is 18.7 Å². The number of aryl methyl sites for hydroxylation is 1. The first kappa shape index (κ1) is 22.4. The number of benzene rings is 1. The molecule has 4 rings (SSSR count). The fourth-order valence-corrected chi connectivity index (χ4v) is 5.00. The van der Waals surface area contributed by atoms with E-state index in [0.717, 1.165) is 23.3 Å². The zero-order valence-electron chi connectivity index (χ0n) is 18.0. The van der Waals surface area contributed by atoms with Crippen LogP contribution in [0.25, 0.3) is 0 Å². The van der Waals surface area contributed by atoms with Crippen molar-refractivity contribution < 1.29 is 28.0 Å². The molecule has 0 radical (unpaired) electrons. The molecule has 3 atom stereocenters. The summed E-state index contributed by atoms with van der Waals surface area (Å²) in [6.45, 7) is 2.27. The molecule has 0 bridgehead atoms. The molecule has 9 heteroatoms. The van der Waals surface area contributed by atoms with Crippen molar-refractivity contribution in [3.8, 4) is 0 Å². The number of nitrogens with one attached hydrogen (secondary N) is 1. The van der Waals surface area contributed by atoms with Crippen LogP contribution in [-0.2, 0) is 38.7 Å². The molecule has 2 fully saturated rings. The summed E-state index contributed by atoms with van der Waals surface area (Å²) < 4.78 is 27.4. The van der Waals surface area contributed by atoms with Gasteiger partial charge in [0.2, 0.25) is 17.7 Å². The van der Waals surface area contributed by atoms with Gasteiger partial charge in [0.25, 0.3) is 5.92 Å². The first-order chi connectivity index (χ1) is 15.2. The van der Waals surface area contributed by atoms with Crippen LogP contribution in [0, 0.1) is 5.92 Å². The molecule has 1 aromatic rings. The molecular weight excluding hydrogens is 420 g/mol. The van der Waals surface area contributed by atoms with E-state index in [1.165, 1.54) is 11.1 Å². The molecule has 0 spiro atoms. The molecular formula is C23H27F2N3O4. The van der Waals surface area contributed by atoms with Crippen molar-refractivity contribution in [1.82, 2.24) is 15.1 Å². The smallest absolute Gasteiger partial charge is 0.267 e. The molecule has 3 aliphatic heterocycles. The SMILES string of the molecule is CCCc1cccc2c1CN(C(=O)C[C@@H]1C[C@@H](C(=O)N3CC(F)(F)C[C@H]3C=O)NC1=O)C2. The van der Waals surface area contributed by atoms with Gasteiger partial charge in [-0.2, -0.15) is 0 Å². The van der Waals surface area contributed by atoms with Gasteiger partial charge in [0.15, 0.2) is 0 Å². The van der Waals surface area contributed by atoms with Gasteiger partial charge in [-0.1, -0.05) is 31.5 Å². The predicted octanol–water partition coefficient (Wildman–Crippen LogP) is 1.81. The maximum Gasteiger partial charge on any atom is 0.267 e. The van der Waals surface area contributed by atoms with Gasteiger partial charge in [-0.3, -0.25) is 14.4 Å². The highest BCUT2D eigenvalue weighted by Crippen LogP contribution is 2.33. The molecule has 172 valence electrons. The minimum Gasteiger partial charge on any atom is -0.344 e. The lowest BCUT2D eigenvalue weighted by Crippen LogP contribution is -2.47. The average Bonchev–Trinajstić information content (AvgIpc) is 3.43. The number of carbonyl (C=O) groups is 4. The molecule has 3 amide bonds. The average molecular weight is 447 g/mol. The van der Waals surface area contributed by atoms with E-state index in [2.05, 4.69) is 18.3 Å². The van der Waals surface area contributed by atoms with Gasteiger partial charge >= 0.3 is 0 Å². The number of amides is 3. The third-order valence-electron chi connectivity index (χ3n) is 6.63. The van der Waals surface area contributed by atoms with E-state index in [0.29, 0.717) is 19.4 Å². The number of hydrogen-bond acceptors (Lipinski definition) is 4. The molecule has 0 aliphatic carbocycles. The number of hydrogen-bond donors (Lipinski definition) is 1. The molecule has 32 heavy (non-hydrogen) atoms. The number of likely N-dealkylation sites (tertiary alicyclic amines) is 1. The molecule has 0 saturated carbocycles. The topological polar surface area (TPSA) is 86.8 Å². The third kappa shape index (κ3) is 4.25. The maximum absolute atomic E-state index is 13.7. The molecule has 3 heterocycles. The second-order valence-corrected chi connectivity index (χ2v) is 8.98. The van der Waals surface area contributed by atoms with E-state index in [1.54, 1.807) is 4.90 Å². The number of alkyl halides is 2. The van der Waals surface area contributed by atoms with Crippen LogP contribution in [0.4, 0.5) is 8.78 Å². The molecule has 3 aliphatic rings. The summed E-state index contributed by atoms with van der Waals surface area (Å²) in [5.74, 6) is -5.13. The van der Waals surface area contributed by atoms with Crippen molar-refractivity contribution >= 4 is 24.0 Å². The van der Waals surface area contributed by atoms with E-state index < -0.39 is 48.7 Å². The Kier molecular flexibility index (Phi) is 6.01. The Morgan fingerprint density at radius 1 is 1.28 bits per heavy atom. The first-order valence-corrected chi connectivity index (χ1v) is 11.0. The van der Waals surface area contributed by atoms with Gasteiger partial charge in [0.1, 0.15) is 12.3 Å². The van der Waals surface area contributed by atoms with Gasteiger partial charge in [-0.25, -0.2) is 8.78 Å². The summed E-state index contributed by atoms with van der Waals surface area (Å²) >= 11 is 0. The number of fused-ring (bicyclic) bond motifs is 1. The van der Waals surface area contributed by atoms with Crippen LogP contribution < -0.4 is 5.32 Å². The predicted molar refractivity (Wildman–Crippen MR) is 110 cm³/mol. The highest BCUT2D eigenvalue weighted by Gasteiger charge is 2.50. The minimum atomic E-state index is -3.12. The van der Waals surface area contributed by atoms with Crippen LogP contribution in [0.5, 0.6) is 0 Å². The lowest BCUT2D eigenvalue weighted by Gasteiger charge is -2.23. The van der Waals surface area contributed by atoms with Gasteiger partial charge in [0, 0.05) is 31.8 Å². The highest BCUT2D eigenvalue weighted by atomic mass is 19.3. The van der Waals surface area contributed by atoms with Crippen LogP contribution in [-0.4, -0.2) is 58.4 Å². The third-order valence-corrected chi connectivity index (χ3v) is 6.63. The molecule has 0 aromatic heterocycles. The quantitative estimate of drug-likeness (QED) is 0.674. The number of carbonyl (C=O) groups excluding carboxylic acids is 4. The lowest BCUT2D eigenvalue weighted by atomic mass is 9.99. The summed E-state index contributed by atoms with van der Waals surface area (Å²) in [5.41, 5.74) is 3.52. The summed E-state index contributed by atoms with van der Waals surface area (Å²) in [7, 11) is 0. The number of aldehydes is 1. The molecule has 0 unspecified atom stereocenters. The lowest BCUT2D eigenvalue weighted by molar-refractivity contribution is -0.137. The number of nitrogens with zero attached hydrogens (tertiary/aromatic N) is 2. The van der Waals surface area contributed by atoms with Crippen molar-refractivity contribution in [2.75, 3.05) is 6.54 Å². The zero-order valence-corrected chi connectivity index (χ0v) is 18.0. The normalized spacial score (nSPS) is 26.2. The molecule has 7 nitrogen and oxygen atoms in total. The van der Waals surface area contributed by atoms with Gasteiger partial charge in [-0.15, -0.1) is 0 Å². The Bertz CT molecular complexity index is 951. The zero-order chi connectivity index (χ0) is 23.0. The van der Waals surface area contributed by atoms with Crippen molar-refractivity contribution in [2.45, 2.75) is 70.1 Å². The van der Waals surface area contributed by atoms with Crippen molar-refractivity contribution in [1.29, 1.82) is 0 Å². The standard InChI is InChI=1S/C23H27F2N3O4/c1-2-4-14-5-3-6-15-10-27(11-18(14)15)20(30)8-16-7-19(26-21(16)31)22(32)28-13-23(24,25)9-17(28)12-29/h3,5-6,12,16-17,19H,2,4,7-11,13H2,1H3,(H,26,31)/t16-,17-,19-/m0/s1. The van der Waals surface area contributed by atoms with Crippen LogP contribution >= 0.6 is 0 Å². The van der Waals surface area contributed by atoms with Crippen LogP contribution in [0.1, 0.15) is 49.3 Å². The monoisotopic (exact) mass is 447 g/mol.